The van der Waals surface area contributed by atoms with Crippen LogP contribution in [0.4, 0.5) is 18.9 Å². The molecule has 1 fully saturated rings. The van der Waals surface area contributed by atoms with Crippen LogP contribution >= 0.6 is 0 Å². The molecular formula is C18H19F3N4O3. The quantitative estimate of drug-likeness (QED) is 0.782. The SMILES string of the molecule is CC(=O)c1ccc(NC(=O)CN2CCC(c3nnc(C(F)(F)F)o3)CC2)cc1. The molecule has 0 radical (unpaired) electrons. The average Bonchev–Trinajstić information content (AvgIpc) is 3.13. The van der Waals surface area contributed by atoms with Gasteiger partial charge in [0.25, 0.3) is 0 Å². The minimum absolute atomic E-state index is 0.0120. The van der Waals surface area contributed by atoms with Crippen molar-refractivity contribution in [1.29, 1.82) is 0 Å². The molecule has 7 nitrogen and oxygen atoms in total. The fourth-order valence-electron chi connectivity index (χ4n) is 3.04. The number of anilines is 1. The van der Waals surface area contributed by atoms with Crippen LogP contribution in [-0.2, 0) is 11.0 Å². The first-order valence-corrected chi connectivity index (χ1v) is 8.76. The van der Waals surface area contributed by atoms with E-state index in [9.17, 15) is 22.8 Å². The number of halogens is 3. The smallest absolute Gasteiger partial charge is 0.417 e. The normalized spacial score (nSPS) is 16.1. The zero-order chi connectivity index (χ0) is 20.3. The highest BCUT2D eigenvalue weighted by molar-refractivity contribution is 5.96. The summed E-state index contributed by atoms with van der Waals surface area (Å²) < 4.78 is 42.4. The number of benzene rings is 1. The van der Waals surface area contributed by atoms with E-state index in [0.29, 0.717) is 37.2 Å². The molecule has 1 amide bonds. The number of amides is 1. The molecule has 28 heavy (non-hydrogen) atoms. The van der Waals surface area contributed by atoms with Crippen molar-refractivity contribution in [2.75, 3.05) is 25.0 Å². The van der Waals surface area contributed by atoms with Crippen molar-refractivity contribution in [2.24, 2.45) is 0 Å². The van der Waals surface area contributed by atoms with Crippen LogP contribution in [0.2, 0.25) is 0 Å². The zero-order valence-corrected chi connectivity index (χ0v) is 15.1. The molecule has 1 aromatic carbocycles. The lowest BCUT2D eigenvalue weighted by Gasteiger charge is -2.29. The van der Waals surface area contributed by atoms with Gasteiger partial charge >= 0.3 is 12.1 Å². The van der Waals surface area contributed by atoms with E-state index in [2.05, 4.69) is 15.5 Å². The van der Waals surface area contributed by atoms with Crippen molar-refractivity contribution in [2.45, 2.75) is 31.9 Å². The molecular weight excluding hydrogens is 377 g/mol. The third kappa shape index (κ3) is 4.94. The van der Waals surface area contributed by atoms with E-state index >= 15 is 0 Å². The molecule has 0 aliphatic carbocycles. The van der Waals surface area contributed by atoms with Crippen molar-refractivity contribution in [3.05, 3.63) is 41.6 Å². The molecule has 0 bridgehead atoms. The van der Waals surface area contributed by atoms with Gasteiger partial charge in [0.2, 0.25) is 11.8 Å². The highest BCUT2D eigenvalue weighted by Gasteiger charge is 2.39. The summed E-state index contributed by atoms with van der Waals surface area (Å²) in [5.74, 6) is -1.85. The molecule has 2 heterocycles. The van der Waals surface area contributed by atoms with E-state index in [1.807, 2.05) is 4.90 Å². The standard InChI is InChI=1S/C18H19F3N4O3/c1-11(26)12-2-4-14(5-3-12)22-15(27)10-25-8-6-13(7-9-25)16-23-24-17(28-16)18(19,20)21/h2-5,13H,6-10H2,1H3,(H,22,27). The van der Waals surface area contributed by atoms with Crippen LogP contribution < -0.4 is 5.32 Å². The van der Waals surface area contributed by atoms with Gasteiger partial charge in [0.1, 0.15) is 0 Å². The van der Waals surface area contributed by atoms with Crippen LogP contribution in [0.5, 0.6) is 0 Å². The number of carbonyl (C=O) groups excluding carboxylic acids is 2. The lowest BCUT2D eigenvalue weighted by Crippen LogP contribution is -2.38. The monoisotopic (exact) mass is 396 g/mol. The van der Waals surface area contributed by atoms with Crippen molar-refractivity contribution in [3.63, 3.8) is 0 Å². The van der Waals surface area contributed by atoms with Crippen molar-refractivity contribution in [3.8, 4) is 0 Å². The van der Waals surface area contributed by atoms with Crippen LogP contribution in [0, 0.1) is 0 Å². The Bertz CT molecular complexity index is 841. The molecule has 0 spiro atoms. The number of rotatable bonds is 5. The fraction of sp³-hybridized carbons (Fsp3) is 0.444. The third-order valence-electron chi connectivity index (χ3n) is 4.56. The predicted octanol–water partition coefficient (Wildman–Crippen LogP) is 3.11. The summed E-state index contributed by atoms with van der Waals surface area (Å²) in [6.45, 7) is 2.70. The number of hydrogen-bond acceptors (Lipinski definition) is 6. The highest BCUT2D eigenvalue weighted by atomic mass is 19.4. The second-order valence-corrected chi connectivity index (χ2v) is 6.68. The lowest BCUT2D eigenvalue weighted by molar-refractivity contribution is -0.157. The van der Waals surface area contributed by atoms with Gasteiger partial charge in [0.15, 0.2) is 5.78 Å². The third-order valence-corrected chi connectivity index (χ3v) is 4.56. The molecule has 150 valence electrons. The van der Waals surface area contributed by atoms with Crippen molar-refractivity contribution in [1.82, 2.24) is 15.1 Å². The number of likely N-dealkylation sites (tertiary alicyclic amines) is 1. The summed E-state index contributed by atoms with van der Waals surface area (Å²) in [6, 6.07) is 6.61. The van der Waals surface area contributed by atoms with Gasteiger partial charge in [-0.05, 0) is 57.1 Å². The van der Waals surface area contributed by atoms with Gasteiger partial charge in [-0.3, -0.25) is 14.5 Å². The number of nitrogens with zero attached hydrogens (tertiary/aromatic N) is 3. The zero-order valence-electron chi connectivity index (χ0n) is 15.1. The van der Waals surface area contributed by atoms with Gasteiger partial charge < -0.3 is 9.73 Å². The Labute approximate surface area is 158 Å². The summed E-state index contributed by atoms with van der Waals surface area (Å²) in [5, 5.41) is 9.32. The van der Waals surface area contributed by atoms with Gasteiger partial charge in [-0.1, -0.05) is 0 Å². The number of aromatic nitrogens is 2. The van der Waals surface area contributed by atoms with Crippen LogP contribution in [0.15, 0.2) is 28.7 Å². The number of Topliss-reactive ketones (excluding diaryl/α,β-unsaturated/α-hetero) is 1. The molecule has 0 saturated carbocycles. The van der Waals surface area contributed by atoms with Gasteiger partial charge in [0.05, 0.1) is 6.54 Å². The Morgan fingerprint density at radius 3 is 2.36 bits per heavy atom. The topological polar surface area (TPSA) is 88.3 Å². The van der Waals surface area contributed by atoms with E-state index in [-0.39, 0.29) is 30.0 Å². The Kier molecular flexibility index (Phi) is 5.78. The number of nitrogens with one attached hydrogen (secondary N) is 1. The summed E-state index contributed by atoms with van der Waals surface area (Å²) in [5.41, 5.74) is 1.16. The van der Waals surface area contributed by atoms with Crippen LogP contribution in [0.25, 0.3) is 0 Å². The van der Waals surface area contributed by atoms with E-state index in [4.69, 9.17) is 4.42 Å². The maximum atomic E-state index is 12.5. The first-order chi connectivity index (χ1) is 13.2. The maximum Gasteiger partial charge on any atom is 0.470 e. The average molecular weight is 396 g/mol. The highest BCUT2D eigenvalue weighted by Crippen LogP contribution is 2.32. The fourth-order valence-corrected chi connectivity index (χ4v) is 3.04. The van der Waals surface area contributed by atoms with Crippen molar-refractivity contribution >= 4 is 17.4 Å². The van der Waals surface area contributed by atoms with Gasteiger partial charge in [-0.15, -0.1) is 10.2 Å². The van der Waals surface area contributed by atoms with Gasteiger partial charge in [0, 0.05) is 17.2 Å². The maximum absolute atomic E-state index is 12.5. The van der Waals surface area contributed by atoms with Gasteiger partial charge in [-0.2, -0.15) is 13.2 Å². The number of hydrogen-bond donors (Lipinski definition) is 1. The molecule has 10 heteroatoms. The number of carbonyl (C=O) groups is 2. The van der Waals surface area contributed by atoms with E-state index in [0.717, 1.165) is 0 Å². The summed E-state index contributed by atoms with van der Waals surface area (Å²) in [7, 11) is 0. The molecule has 1 aliphatic rings. The molecule has 1 aromatic heterocycles. The molecule has 3 rings (SSSR count). The molecule has 1 N–H and O–H groups in total. The molecule has 0 unspecified atom stereocenters. The van der Waals surface area contributed by atoms with E-state index in [1.165, 1.54) is 6.92 Å². The molecule has 0 atom stereocenters. The second-order valence-electron chi connectivity index (χ2n) is 6.68. The summed E-state index contributed by atoms with van der Waals surface area (Å²) in [6.07, 6.45) is -3.59. The lowest BCUT2D eigenvalue weighted by atomic mass is 9.97. The van der Waals surface area contributed by atoms with Crippen LogP contribution in [0.1, 0.15) is 47.8 Å². The van der Waals surface area contributed by atoms with Crippen LogP contribution in [-0.4, -0.2) is 46.4 Å². The summed E-state index contributed by atoms with van der Waals surface area (Å²) >= 11 is 0. The first-order valence-electron chi connectivity index (χ1n) is 8.76. The number of ketones is 1. The van der Waals surface area contributed by atoms with Gasteiger partial charge in [-0.25, -0.2) is 0 Å². The Balaban J connectivity index is 1.48. The van der Waals surface area contributed by atoms with E-state index < -0.39 is 12.1 Å². The molecule has 1 saturated heterocycles. The minimum atomic E-state index is -4.65. The predicted molar refractivity (Wildman–Crippen MR) is 92.8 cm³/mol. The first kappa shape index (κ1) is 20.0. The summed E-state index contributed by atoms with van der Waals surface area (Å²) in [4.78, 5) is 25.3. The van der Waals surface area contributed by atoms with E-state index in [1.54, 1.807) is 24.3 Å². The Hall–Kier alpha value is -2.75. The Morgan fingerprint density at radius 1 is 1.18 bits per heavy atom. The number of alkyl halides is 3. The number of piperidine rings is 1. The Morgan fingerprint density at radius 2 is 1.82 bits per heavy atom. The second kappa shape index (κ2) is 8.09. The van der Waals surface area contributed by atoms with Crippen LogP contribution in [0.3, 0.4) is 0 Å². The molecule has 2 aromatic rings. The minimum Gasteiger partial charge on any atom is -0.417 e. The largest absolute Gasteiger partial charge is 0.470 e. The molecule has 1 aliphatic heterocycles. The van der Waals surface area contributed by atoms with Crippen molar-refractivity contribution < 1.29 is 27.2 Å².